The fraction of sp³-hybridized carbons (Fsp3) is 0.529. The van der Waals surface area contributed by atoms with Crippen molar-refractivity contribution in [3.63, 3.8) is 0 Å². The molecular formula is C17H23ClN2O4. The fourth-order valence-electron chi connectivity index (χ4n) is 2.83. The lowest BCUT2D eigenvalue weighted by Gasteiger charge is -2.42. The monoisotopic (exact) mass is 354 g/mol. The highest BCUT2D eigenvalue weighted by molar-refractivity contribution is 6.31. The van der Waals surface area contributed by atoms with Gasteiger partial charge in [-0.2, -0.15) is 0 Å². The van der Waals surface area contributed by atoms with Gasteiger partial charge in [-0.25, -0.2) is 0 Å². The zero-order chi connectivity index (χ0) is 17.7. The number of rotatable bonds is 8. The zero-order valence-electron chi connectivity index (χ0n) is 13.9. The molecule has 1 aromatic carbocycles. The Bertz CT molecular complexity index is 602. The van der Waals surface area contributed by atoms with Crippen LogP contribution in [0.3, 0.4) is 0 Å². The van der Waals surface area contributed by atoms with E-state index in [-0.39, 0.29) is 31.1 Å². The first-order chi connectivity index (χ1) is 11.4. The van der Waals surface area contributed by atoms with Crippen molar-refractivity contribution in [2.45, 2.75) is 38.8 Å². The average Bonchev–Trinajstić information content (AvgIpc) is 2.49. The van der Waals surface area contributed by atoms with Gasteiger partial charge < -0.3 is 15.2 Å². The fourth-order valence-corrected chi connectivity index (χ4v) is 3.00. The third kappa shape index (κ3) is 4.85. The van der Waals surface area contributed by atoms with Crippen LogP contribution in [-0.2, 0) is 9.59 Å². The van der Waals surface area contributed by atoms with Gasteiger partial charge in [-0.3, -0.25) is 14.5 Å². The number of carbonyl (C=O) groups excluding carboxylic acids is 1. The summed E-state index contributed by atoms with van der Waals surface area (Å²) in [5, 5.41) is 12.4. The second-order valence-corrected chi connectivity index (χ2v) is 6.41. The Balaban J connectivity index is 1.73. The molecule has 6 nitrogen and oxygen atoms in total. The molecule has 2 N–H and O–H groups in total. The second kappa shape index (κ2) is 8.35. The summed E-state index contributed by atoms with van der Waals surface area (Å²) in [5.74, 6) is -0.406. The first-order valence-electron chi connectivity index (χ1n) is 8.03. The lowest BCUT2D eigenvalue weighted by atomic mass is 9.85. The van der Waals surface area contributed by atoms with Gasteiger partial charge >= 0.3 is 5.97 Å². The molecule has 0 bridgehead atoms. The molecule has 1 fully saturated rings. The molecule has 1 aliphatic rings. The number of hydrogen-bond donors (Lipinski definition) is 2. The first kappa shape index (κ1) is 18.5. The van der Waals surface area contributed by atoms with Gasteiger partial charge in [0.05, 0.1) is 6.54 Å². The maximum atomic E-state index is 12.0. The molecule has 1 aliphatic carbocycles. The minimum absolute atomic E-state index is 0.0407. The Morgan fingerprint density at radius 1 is 1.42 bits per heavy atom. The summed E-state index contributed by atoms with van der Waals surface area (Å²) in [4.78, 5) is 24.7. The molecule has 0 saturated heterocycles. The number of amides is 1. The molecule has 0 radical (unpaired) electrons. The van der Waals surface area contributed by atoms with Gasteiger partial charge in [0, 0.05) is 22.7 Å². The summed E-state index contributed by atoms with van der Waals surface area (Å²) < 4.78 is 5.51. The Kier molecular flexibility index (Phi) is 6.45. The minimum Gasteiger partial charge on any atom is -0.483 e. The number of ether oxygens (including phenoxy) is 1. The van der Waals surface area contributed by atoms with Crippen molar-refractivity contribution in [2.75, 3.05) is 19.7 Å². The van der Waals surface area contributed by atoms with Crippen LogP contribution in [0.1, 0.15) is 25.3 Å². The summed E-state index contributed by atoms with van der Waals surface area (Å²) in [5.41, 5.74) is 0.808. The van der Waals surface area contributed by atoms with Crippen LogP contribution in [0.4, 0.5) is 0 Å². The van der Waals surface area contributed by atoms with Gasteiger partial charge in [0.25, 0.3) is 5.91 Å². The lowest BCUT2D eigenvalue weighted by Crippen LogP contribution is -2.55. The number of carboxylic acid groups (broad SMARTS) is 1. The first-order valence-corrected chi connectivity index (χ1v) is 8.41. The number of nitrogens with one attached hydrogen (secondary N) is 1. The van der Waals surface area contributed by atoms with Gasteiger partial charge in [-0.05, 0) is 38.4 Å². The van der Waals surface area contributed by atoms with Crippen molar-refractivity contribution in [1.82, 2.24) is 10.2 Å². The lowest BCUT2D eigenvalue weighted by molar-refractivity contribution is -0.139. The van der Waals surface area contributed by atoms with E-state index in [1.807, 2.05) is 18.7 Å². The number of nitrogens with zero attached hydrogens (tertiary/aromatic N) is 1. The predicted octanol–water partition coefficient (Wildman–Crippen LogP) is 2.08. The van der Waals surface area contributed by atoms with Crippen molar-refractivity contribution in [3.8, 4) is 5.75 Å². The molecular weight excluding hydrogens is 332 g/mol. The highest BCUT2D eigenvalue weighted by atomic mass is 35.5. The molecule has 1 saturated carbocycles. The Morgan fingerprint density at radius 2 is 2.12 bits per heavy atom. The van der Waals surface area contributed by atoms with Crippen molar-refractivity contribution in [1.29, 1.82) is 0 Å². The zero-order valence-corrected chi connectivity index (χ0v) is 14.7. The van der Waals surface area contributed by atoms with Gasteiger partial charge in [0.1, 0.15) is 5.75 Å². The Labute approximate surface area is 146 Å². The maximum absolute atomic E-state index is 12.0. The molecule has 1 amide bonds. The van der Waals surface area contributed by atoms with Crippen LogP contribution in [0.5, 0.6) is 5.75 Å². The normalized spacial score (nSPS) is 19.7. The molecule has 0 aromatic heterocycles. The number of carbonyl (C=O) groups is 2. The molecule has 7 heteroatoms. The van der Waals surface area contributed by atoms with Crippen LogP contribution in [0.15, 0.2) is 18.2 Å². The smallest absolute Gasteiger partial charge is 0.317 e. The Morgan fingerprint density at radius 3 is 2.75 bits per heavy atom. The summed E-state index contributed by atoms with van der Waals surface area (Å²) in [6, 6.07) is 5.62. The third-order valence-electron chi connectivity index (χ3n) is 4.32. The van der Waals surface area contributed by atoms with E-state index in [2.05, 4.69) is 5.32 Å². The summed E-state index contributed by atoms with van der Waals surface area (Å²) in [6.45, 7) is 4.45. The Hall–Kier alpha value is -1.79. The van der Waals surface area contributed by atoms with E-state index in [1.54, 1.807) is 18.2 Å². The summed E-state index contributed by atoms with van der Waals surface area (Å²) in [6.07, 6.45) is 1.53. The average molecular weight is 355 g/mol. The maximum Gasteiger partial charge on any atom is 0.317 e. The van der Waals surface area contributed by atoms with Crippen molar-refractivity contribution in [3.05, 3.63) is 28.8 Å². The number of aliphatic carboxylic acids is 1. The van der Waals surface area contributed by atoms with Gasteiger partial charge in [0.2, 0.25) is 0 Å². The van der Waals surface area contributed by atoms with Crippen LogP contribution in [0, 0.1) is 6.92 Å². The standard InChI is InChI=1S/C17H23ClN2O4/c1-3-20(9-17(22)23)13-7-12(8-13)19-16(21)10-24-15-6-4-5-14(18)11(15)2/h4-6,12-13H,3,7-10H2,1-2H3,(H,19,21)(H,22,23). The quantitative estimate of drug-likeness (QED) is 0.747. The number of halogens is 1. The van der Waals surface area contributed by atoms with Crippen LogP contribution < -0.4 is 10.1 Å². The van der Waals surface area contributed by atoms with Gasteiger partial charge in [-0.1, -0.05) is 24.6 Å². The molecule has 24 heavy (non-hydrogen) atoms. The minimum atomic E-state index is -0.824. The van der Waals surface area contributed by atoms with E-state index in [0.717, 1.165) is 18.4 Å². The largest absolute Gasteiger partial charge is 0.483 e. The van der Waals surface area contributed by atoms with E-state index in [1.165, 1.54) is 0 Å². The van der Waals surface area contributed by atoms with Gasteiger partial charge in [-0.15, -0.1) is 0 Å². The summed E-state index contributed by atoms with van der Waals surface area (Å²) >= 11 is 6.01. The number of carboxylic acids is 1. The molecule has 0 spiro atoms. The topological polar surface area (TPSA) is 78.9 Å². The molecule has 0 aliphatic heterocycles. The molecule has 132 valence electrons. The SMILES string of the molecule is CCN(CC(=O)O)C1CC(NC(=O)COc2cccc(Cl)c2C)C1. The number of hydrogen-bond acceptors (Lipinski definition) is 4. The van der Waals surface area contributed by atoms with Crippen LogP contribution in [0.2, 0.25) is 5.02 Å². The van der Waals surface area contributed by atoms with Crippen LogP contribution in [-0.4, -0.2) is 53.7 Å². The highest BCUT2D eigenvalue weighted by Gasteiger charge is 2.34. The highest BCUT2D eigenvalue weighted by Crippen LogP contribution is 2.26. The van der Waals surface area contributed by atoms with Crippen molar-refractivity contribution < 1.29 is 19.4 Å². The van der Waals surface area contributed by atoms with E-state index in [0.29, 0.717) is 17.3 Å². The van der Waals surface area contributed by atoms with E-state index >= 15 is 0 Å². The van der Waals surface area contributed by atoms with Crippen LogP contribution >= 0.6 is 11.6 Å². The molecule has 0 heterocycles. The predicted molar refractivity (Wildman–Crippen MR) is 91.5 cm³/mol. The van der Waals surface area contributed by atoms with Gasteiger partial charge in [0.15, 0.2) is 6.61 Å². The van der Waals surface area contributed by atoms with Crippen molar-refractivity contribution >= 4 is 23.5 Å². The van der Waals surface area contributed by atoms with E-state index in [4.69, 9.17) is 21.4 Å². The molecule has 0 unspecified atom stereocenters. The second-order valence-electron chi connectivity index (χ2n) is 6.00. The number of likely N-dealkylation sites (N-methyl/N-ethyl adjacent to an activating group) is 1. The molecule has 1 aromatic rings. The van der Waals surface area contributed by atoms with Crippen molar-refractivity contribution in [2.24, 2.45) is 0 Å². The third-order valence-corrected chi connectivity index (χ3v) is 4.73. The molecule has 2 rings (SSSR count). The number of benzene rings is 1. The van der Waals surface area contributed by atoms with Crippen LogP contribution in [0.25, 0.3) is 0 Å². The molecule has 0 atom stereocenters. The summed E-state index contributed by atoms with van der Waals surface area (Å²) in [7, 11) is 0. The van der Waals surface area contributed by atoms with E-state index < -0.39 is 5.97 Å². The van der Waals surface area contributed by atoms with E-state index in [9.17, 15) is 9.59 Å².